The van der Waals surface area contributed by atoms with Gasteiger partial charge in [-0.2, -0.15) is 0 Å². The minimum Gasteiger partial charge on any atom is -0.355 e. The van der Waals surface area contributed by atoms with E-state index in [0.717, 1.165) is 6.42 Å². The maximum atomic E-state index is 9.78. The molecule has 0 amide bonds. The van der Waals surface area contributed by atoms with Gasteiger partial charge in [0.15, 0.2) is 0 Å². The molecule has 1 radical (unpaired) electrons. The predicted molar refractivity (Wildman–Crippen MR) is 32.6 cm³/mol. The number of ether oxygens (including phenoxy) is 2. The molecule has 0 atom stereocenters. The Balaban J connectivity index is 2.60. The van der Waals surface area contributed by atoms with Gasteiger partial charge in [0, 0.05) is 6.61 Å². The van der Waals surface area contributed by atoms with Gasteiger partial charge in [-0.25, -0.2) is 5.11 Å². The molecule has 0 rings (SSSR count). The molecule has 0 aromatic heterocycles. The summed E-state index contributed by atoms with van der Waals surface area (Å²) in [6, 6.07) is 0. The van der Waals surface area contributed by atoms with E-state index in [1.807, 2.05) is 6.92 Å². The van der Waals surface area contributed by atoms with Crippen molar-refractivity contribution >= 4 is 0 Å². The highest BCUT2D eigenvalue weighted by Gasteiger charge is 1.84. The van der Waals surface area contributed by atoms with Gasteiger partial charge in [0.05, 0.1) is 6.61 Å². The van der Waals surface area contributed by atoms with E-state index in [1.54, 1.807) is 0 Å². The SMILES string of the molecule is CCCOCOCC[O]. The second-order valence-electron chi connectivity index (χ2n) is 1.64. The minimum atomic E-state index is -0.185. The highest BCUT2D eigenvalue weighted by Crippen LogP contribution is 1.80. The standard InChI is InChI=1S/C6H13O3/c1-2-4-8-6-9-5-3-7/h2-6H2,1H3. The van der Waals surface area contributed by atoms with Crippen LogP contribution in [0.15, 0.2) is 0 Å². The molecule has 3 nitrogen and oxygen atoms in total. The lowest BCUT2D eigenvalue weighted by Crippen LogP contribution is -2.03. The summed E-state index contributed by atoms with van der Waals surface area (Å²) in [4.78, 5) is 0. The molecule has 0 saturated heterocycles. The first-order valence-electron chi connectivity index (χ1n) is 3.15. The molecule has 0 bridgehead atoms. The van der Waals surface area contributed by atoms with Gasteiger partial charge in [-0.15, -0.1) is 0 Å². The number of hydrogen-bond acceptors (Lipinski definition) is 2. The Hall–Kier alpha value is -0.120. The summed E-state index contributed by atoms with van der Waals surface area (Å²) >= 11 is 0. The average Bonchev–Trinajstić information content (AvgIpc) is 1.89. The Morgan fingerprint density at radius 1 is 1.22 bits per heavy atom. The summed E-state index contributed by atoms with van der Waals surface area (Å²) in [5.74, 6) is 0. The van der Waals surface area contributed by atoms with Crippen LogP contribution in [0, 0.1) is 0 Å². The fourth-order valence-corrected chi connectivity index (χ4v) is 0.380. The van der Waals surface area contributed by atoms with E-state index >= 15 is 0 Å². The molecule has 0 unspecified atom stereocenters. The molecule has 0 heterocycles. The van der Waals surface area contributed by atoms with Crippen molar-refractivity contribution in [2.24, 2.45) is 0 Å². The first-order chi connectivity index (χ1) is 4.41. The fourth-order valence-electron chi connectivity index (χ4n) is 0.380. The topological polar surface area (TPSA) is 38.4 Å². The quantitative estimate of drug-likeness (QED) is 0.397. The smallest absolute Gasteiger partial charge is 0.146 e. The van der Waals surface area contributed by atoms with Crippen LogP contribution in [0.25, 0.3) is 0 Å². The third-order valence-electron chi connectivity index (χ3n) is 0.743. The molecule has 0 aliphatic heterocycles. The zero-order valence-electron chi connectivity index (χ0n) is 5.76. The zero-order chi connectivity index (χ0) is 6.95. The van der Waals surface area contributed by atoms with E-state index in [2.05, 4.69) is 0 Å². The Morgan fingerprint density at radius 3 is 2.44 bits per heavy atom. The minimum absolute atomic E-state index is 0.185. The normalized spacial score (nSPS) is 10.0. The van der Waals surface area contributed by atoms with Gasteiger partial charge in [-0.05, 0) is 6.42 Å². The van der Waals surface area contributed by atoms with E-state index < -0.39 is 0 Å². The lowest BCUT2D eigenvalue weighted by molar-refractivity contribution is -0.0676. The molecule has 0 saturated carbocycles. The summed E-state index contributed by atoms with van der Waals surface area (Å²) in [6.07, 6.45) is 0.987. The van der Waals surface area contributed by atoms with E-state index in [0.29, 0.717) is 6.61 Å². The van der Waals surface area contributed by atoms with Gasteiger partial charge in [0.2, 0.25) is 0 Å². The number of hydrogen-bond donors (Lipinski definition) is 0. The Kier molecular flexibility index (Phi) is 7.77. The summed E-state index contributed by atoms with van der Waals surface area (Å²) in [7, 11) is 0. The van der Waals surface area contributed by atoms with Crippen LogP contribution in [0.2, 0.25) is 0 Å². The van der Waals surface area contributed by atoms with Crippen LogP contribution in [0.1, 0.15) is 13.3 Å². The zero-order valence-corrected chi connectivity index (χ0v) is 5.76. The molecule has 0 N–H and O–H groups in total. The summed E-state index contributed by atoms with van der Waals surface area (Å²) in [5.41, 5.74) is 0. The largest absolute Gasteiger partial charge is 0.355 e. The van der Waals surface area contributed by atoms with E-state index in [-0.39, 0.29) is 20.0 Å². The van der Waals surface area contributed by atoms with Crippen molar-refractivity contribution in [1.29, 1.82) is 0 Å². The highest BCUT2D eigenvalue weighted by atomic mass is 16.7. The second kappa shape index (κ2) is 7.88. The van der Waals surface area contributed by atoms with E-state index in [9.17, 15) is 5.11 Å². The average molecular weight is 133 g/mol. The van der Waals surface area contributed by atoms with Crippen molar-refractivity contribution < 1.29 is 14.6 Å². The maximum Gasteiger partial charge on any atom is 0.146 e. The lowest BCUT2D eigenvalue weighted by Gasteiger charge is -2.00. The van der Waals surface area contributed by atoms with Gasteiger partial charge in [0.1, 0.15) is 13.4 Å². The third kappa shape index (κ3) is 7.88. The Bertz CT molecular complexity index is 41.6. The Labute approximate surface area is 55.6 Å². The molecule has 0 aliphatic carbocycles. The molecule has 0 spiro atoms. The molecule has 0 aliphatic rings. The van der Waals surface area contributed by atoms with Crippen LogP contribution < -0.4 is 0 Å². The third-order valence-corrected chi connectivity index (χ3v) is 0.743. The molecule has 0 fully saturated rings. The van der Waals surface area contributed by atoms with Gasteiger partial charge in [-0.3, -0.25) is 0 Å². The first-order valence-corrected chi connectivity index (χ1v) is 3.15. The highest BCUT2D eigenvalue weighted by molar-refractivity contribution is 4.21. The monoisotopic (exact) mass is 133 g/mol. The molecule has 55 valence electrons. The van der Waals surface area contributed by atoms with Crippen molar-refractivity contribution in [2.45, 2.75) is 13.3 Å². The molecular weight excluding hydrogens is 120 g/mol. The first kappa shape index (κ1) is 8.88. The van der Waals surface area contributed by atoms with E-state index in [1.165, 1.54) is 0 Å². The maximum absolute atomic E-state index is 9.78. The molecular formula is C6H13O3. The molecule has 3 heteroatoms. The molecule has 0 aromatic rings. The van der Waals surface area contributed by atoms with Crippen LogP contribution in [0.3, 0.4) is 0 Å². The van der Waals surface area contributed by atoms with E-state index in [4.69, 9.17) is 9.47 Å². The van der Waals surface area contributed by atoms with Crippen molar-refractivity contribution in [3.8, 4) is 0 Å². The van der Waals surface area contributed by atoms with Crippen molar-refractivity contribution in [1.82, 2.24) is 0 Å². The van der Waals surface area contributed by atoms with Gasteiger partial charge >= 0.3 is 0 Å². The van der Waals surface area contributed by atoms with Crippen LogP contribution in [-0.2, 0) is 14.6 Å². The molecule has 0 aromatic carbocycles. The predicted octanol–water partition coefficient (Wildman–Crippen LogP) is 0.818. The second-order valence-corrected chi connectivity index (χ2v) is 1.64. The Morgan fingerprint density at radius 2 is 1.89 bits per heavy atom. The van der Waals surface area contributed by atoms with Crippen molar-refractivity contribution in [2.75, 3.05) is 26.6 Å². The van der Waals surface area contributed by atoms with Crippen LogP contribution >= 0.6 is 0 Å². The summed E-state index contributed by atoms with van der Waals surface area (Å²) in [5, 5.41) is 9.78. The van der Waals surface area contributed by atoms with Crippen molar-refractivity contribution in [3.63, 3.8) is 0 Å². The fraction of sp³-hybridized carbons (Fsp3) is 1.00. The van der Waals surface area contributed by atoms with Gasteiger partial charge in [-0.1, -0.05) is 6.92 Å². The summed E-state index contributed by atoms with van der Waals surface area (Å²) in [6.45, 7) is 3.06. The van der Waals surface area contributed by atoms with Gasteiger partial charge < -0.3 is 9.47 Å². The van der Waals surface area contributed by atoms with Crippen LogP contribution in [0.4, 0.5) is 0 Å². The molecule has 9 heavy (non-hydrogen) atoms. The number of rotatable bonds is 6. The van der Waals surface area contributed by atoms with Crippen LogP contribution in [0.5, 0.6) is 0 Å². The lowest BCUT2D eigenvalue weighted by atomic mass is 10.5. The van der Waals surface area contributed by atoms with Gasteiger partial charge in [0.25, 0.3) is 0 Å². The van der Waals surface area contributed by atoms with Crippen LogP contribution in [-0.4, -0.2) is 26.6 Å². The van der Waals surface area contributed by atoms with Crippen molar-refractivity contribution in [3.05, 3.63) is 0 Å². The summed E-state index contributed by atoms with van der Waals surface area (Å²) < 4.78 is 9.67.